The molecule has 0 saturated heterocycles. The molecule has 1 aromatic carbocycles. The minimum atomic E-state index is -4.73. The van der Waals surface area contributed by atoms with Gasteiger partial charge in [0.15, 0.2) is 0 Å². The van der Waals surface area contributed by atoms with Crippen molar-refractivity contribution in [3.63, 3.8) is 0 Å². The van der Waals surface area contributed by atoms with Crippen LogP contribution in [0.1, 0.15) is 0 Å². The maximum absolute atomic E-state index is 12.2. The summed E-state index contributed by atoms with van der Waals surface area (Å²) in [5, 5.41) is 2.02. The maximum atomic E-state index is 12.2. The highest BCUT2D eigenvalue weighted by atomic mass is 35.5. The Balaban J connectivity index is 2.27. The number of pyridine rings is 2. The number of hydrogen-bond donors (Lipinski definition) is 0. The van der Waals surface area contributed by atoms with Gasteiger partial charge in [-0.2, -0.15) is 0 Å². The van der Waals surface area contributed by atoms with Crippen molar-refractivity contribution in [2.24, 2.45) is 0 Å². The van der Waals surface area contributed by atoms with Crippen LogP contribution in [0.2, 0.25) is 5.15 Å². The lowest BCUT2D eigenvalue weighted by Gasteiger charge is -2.10. The number of nitrogens with zero attached hydrogens (tertiary/aromatic N) is 2. The van der Waals surface area contributed by atoms with Gasteiger partial charge in [-0.05, 0) is 24.3 Å². The molecule has 7 heteroatoms. The molecule has 2 aromatic heterocycles. The molecule has 2 heterocycles. The molecular weight excluding hydrogens is 293 g/mol. The summed E-state index contributed by atoms with van der Waals surface area (Å²) in [6.07, 6.45) is -1.66. The van der Waals surface area contributed by atoms with Crippen LogP contribution >= 0.6 is 11.6 Å². The Bertz CT molecular complexity index is 805. The van der Waals surface area contributed by atoms with E-state index in [-0.39, 0.29) is 10.9 Å². The van der Waals surface area contributed by atoms with E-state index < -0.39 is 6.36 Å². The van der Waals surface area contributed by atoms with Crippen LogP contribution in [0.5, 0.6) is 5.75 Å². The third-order valence-corrected chi connectivity index (χ3v) is 3.04. The summed E-state index contributed by atoms with van der Waals surface area (Å²) in [5.74, 6) is -0.306. The van der Waals surface area contributed by atoms with Gasteiger partial charge in [-0.3, -0.25) is 4.98 Å². The van der Waals surface area contributed by atoms with Gasteiger partial charge in [0.25, 0.3) is 0 Å². The minimum Gasteiger partial charge on any atom is -0.406 e. The molecule has 0 bridgehead atoms. The molecule has 0 saturated carbocycles. The predicted octanol–water partition coefficient (Wildman–Crippen LogP) is 4.34. The average molecular weight is 299 g/mol. The van der Waals surface area contributed by atoms with E-state index in [0.29, 0.717) is 21.7 Å². The first kappa shape index (κ1) is 12.9. The fourth-order valence-electron chi connectivity index (χ4n) is 1.98. The summed E-state index contributed by atoms with van der Waals surface area (Å²) in [4.78, 5) is 8.10. The first-order valence-corrected chi connectivity index (χ1v) is 5.90. The van der Waals surface area contributed by atoms with Gasteiger partial charge in [0.05, 0.1) is 5.52 Å². The lowest BCUT2D eigenvalue weighted by Crippen LogP contribution is -2.17. The van der Waals surface area contributed by atoms with Gasteiger partial charge in [-0.25, -0.2) is 4.98 Å². The molecule has 0 radical (unpaired) electrons. The highest BCUT2D eigenvalue weighted by Crippen LogP contribution is 2.32. The highest BCUT2D eigenvalue weighted by Gasteiger charge is 2.31. The Hall–Kier alpha value is -2.08. The van der Waals surface area contributed by atoms with Crippen LogP contribution < -0.4 is 4.74 Å². The second-order valence-corrected chi connectivity index (χ2v) is 4.41. The Morgan fingerprint density at radius 1 is 1.05 bits per heavy atom. The van der Waals surface area contributed by atoms with Crippen LogP contribution in [-0.4, -0.2) is 16.3 Å². The van der Waals surface area contributed by atoms with Crippen LogP contribution in [0.25, 0.3) is 21.7 Å². The minimum absolute atomic E-state index is 0.277. The molecule has 20 heavy (non-hydrogen) atoms. The van der Waals surface area contributed by atoms with E-state index in [0.717, 1.165) is 0 Å². The molecular formula is C13H6ClF3N2O. The zero-order valence-corrected chi connectivity index (χ0v) is 10.5. The van der Waals surface area contributed by atoms with Crippen molar-refractivity contribution >= 4 is 33.3 Å². The number of halogens is 4. The fourth-order valence-corrected chi connectivity index (χ4v) is 2.24. The molecule has 0 N–H and O–H groups in total. The molecule has 3 rings (SSSR count). The number of benzene rings is 1. The van der Waals surface area contributed by atoms with Crippen molar-refractivity contribution < 1.29 is 17.9 Å². The van der Waals surface area contributed by atoms with Crippen molar-refractivity contribution in [3.05, 3.63) is 41.8 Å². The van der Waals surface area contributed by atoms with E-state index in [9.17, 15) is 13.2 Å². The third-order valence-electron chi connectivity index (χ3n) is 2.75. The van der Waals surface area contributed by atoms with Crippen LogP contribution in [0.15, 0.2) is 36.7 Å². The first-order valence-electron chi connectivity index (χ1n) is 5.53. The highest BCUT2D eigenvalue weighted by molar-refractivity contribution is 6.35. The van der Waals surface area contributed by atoms with Gasteiger partial charge >= 0.3 is 6.36 Å². The summed E-state index contributed by atoms with van der Waals surface area (Å²) >= 11 is 6.03. The van der Waals surface area contributed by atoms with Gasteiger partial charge in [0, 0.05) is 28.6 Å². The summed E-state index contributed by atoms with van der Waals surface area (Å²) in [7, 11) is 0. The average Bonchev–Trinajstić information content (AvgIpc) is 2.38. The molecule has 0 aliphatic rings. The van der Waals surface area contributed by atoms with E-state index in [4.69, 9.17) is 11.6 Å². The van der Waals surface area contributed by atoms with Crippen LogP contribution in [0, 0.1) is 0 Å². The Morgan fingerprint density at radius 2 is 1.85 bits per heavy atom. The van der Waals surface area contributed by atoms with Crippen LogP contribution in [-0.2, 0) is 0 Å². The van der Waals surface area contributed by atoms with Crippen LogP contribution in [0.3, 0.4) is 0 Å². The van der Waals surface area contributed by atoms with Gasteiger partial charge in [0.2, 0.25) is 0 Å². The Kier molecular flexibility index (Phi) is 2.90. The standard InChI is InChI=1S/C13H6ClF3N2O/c14-12-8-3-4-18-6-10(8)9-5-7(20-13(15,16)17)1-2-11(9)19-12/h1-6H. The van der Waals surface area contributed by atoms with Crippen molar-refractivity contribution in [1.82, 2.24) is 9.97 Å². The normalized spacial score (nSPS) is 12.0. The van der Waals surface area contributed by atoms with E-state index in [1.807, 2.05) is 0 Å². The lowest BCUT2D eigenvalue weighted by atomic mass is 10.1. The number of aromatic nitrogens is 2. The summed E-state index contributed by atoms with van der Waals surface area (Å²) in [6.45, 7) is 0. The van der Waals surface area contributed by atoms with Gasteiger partial charge in [-0.15, -0.1) is 13.2 Å². The summed E-state index contributed by atoms with van der Waals surface area (Å²) < 4.78 is 40.7. The maximum Gasteiger partial charge on any atom is 0.573 e. The topological polar surface area (TPSA) is 35.0 Å². The second kappa shape index (κ2) is 4.49. The Morgan fingerprint density at radius 3 is 2.60 bits per heavy atom. The second-order valence-electron chi connectivity index (χ2n) is 4.05. The van der Waals surface area contributed by atoms with Crippen molar-refractivity contribution in [2.75, 3.05) is 0 Å². The van der Waals surface area contributed by atoms with E-state index >= 15 is 0 Å². The molecule has 3 aromatic rings. The van der Waals surface area contributed by atoms with E-state index in [2.05, 4.69) is 14.7 Å². The summed E-state index contributed by atoms with van der Waals surface area (Å²) in [5.41, 5.74) is 0.477. The number of fused-ring (bicyclic) bond motifs is 3. The van der Waals surface area contributed by atoms with Gasteiger partial charge in [0.1, 0.15) is 10.9 Å². The number of hydrogen-bond acceptors (Lipinski definition) is 3. The number of alkyl halides is 3. The molecule has 0 aliphatic heterocycles. The smallest absolute Gasteiger partial charge is 0.406 e. The van der Waals surface area contributed by atoms with Gasteiger partial charge < -0.3 is 4.74 Å². The first-order chi connectivity index (χ1) is 9.44. The molecule has 0 unspecified atom stereocenters. The monoisotopic (exact) mass is 298 g/mol. The third kappa shape index (κ3) is 2.34. The van der Waals surface area contributed by atoms with Crippen molar-refractivity contribution in [2.45, 2.75) is 6.36 Å². The molecule has 0 amide bonds. The van der Waals surface area contributed by atoms with Gasteiger partial charge in [-0.1, -0.05) is 11.6 Å². The lowest BCUT2D eigenvalue weighted by molar-refractivity contribution is -0.274. The molecule has 3 nitrogen and oxygen atoms in total. The molecule has 0 atom stereocenters. The molecule has 102 valence electrons. The fraction of sp³-hybridized carbons (Fsp3) is 0.0769. The van der Waals surface area contributed by atoms with Crippen molar-refractivity contribution in [1.29, 1.82) is 0 Å². The predicted molar refractivity (Wildman–Crippen MR) is 68.7 cm³/mol. The summed E-state index contributed by atoms with van der Waals surface area (Å²) in [6, 6.07) is 5.55. The van der Waals surface area contributed by atoms with Crippen LogP contribution in [0.4, 0.5) is 13.2 Å². The SMILES string of the molecule is FC(F)(F)Oc1ccc2nc(Cl)c3ccncc3c2c1. The largest absolute Gasteiger partial charge is 0.573 e. The zero-order valence-electron chi connectivity index (χ0n) is 9.78. The number of rotatable bonds is 1. The zero-order chi connectivity index (χ0) is 14.3. The Labute approximate surface area is 116 Å². The molecule has 0 aliphatic carbocycles. The molecule has 0 spiro atoms. The quantitative estimate of drug-likeness (QED) is 0.495. The van der Waals surface area contributed by atoms with E-state index in [1.165, 1.54) is 30.6 Å². The molecule has 0 fully saturated rings. The van der Waals surface area contributed by atoms with E-state index in [1.54, 1.807) is 6.07 Å². The van der Waals surface area contributed by atoms with Crippen molar-refractivity contribution in [3.8, 4) is 5.75 Å². The number of ether oxygens (including phenoxy) is 1.